The smallest absolute Gasteiger partial charge is 0.260 e. The largest absolute Gasteiger partial charge is 0.379 e. The van der Waals surface area contributed by atoms with Gasteiger partial charge in [-0.15, -0.1) is 0 Å². The molecular weight excluding hydrogens is 244 g/mol. The van der Waals surface area contributed by atoms with Gasteiger partial charge >= 0.3 is 0 Å². The highest BCUT2D eigenvalue weighted by atomic mass is 16.7. The Labute approximate surface area is 112 Å². The van der Waals surface area contributed by atoms with Crippen molar-refractivity contribution >= 4 is 11.8 Å². The first-order chi connectivity index (χ1) is 9.09. The van der Waals surface area contributed by atoms with Crippen molar-refractivity contribution in [3.63, 3.8) is 0 Å². The number of rotatable bonds is 4. The molecule has 1 atom stereocenters. The standard InChI is InChI=1S/C14H18N2O3/c1-9(2)13(17)15-8-7-11-10-5-3-4-6-12(10)19-16-14(11)18/h3-6,9,11H,7-8H2,1-2H3,(H,15,17)(H,16,18). The number of carbonyl (C=O) groups excluding carboxylic acids is 2. The van der Waals surface area contributed by atoms with Gasteiger partial charge in [0.25, 0.3) is 5.91 Å². The van der Waals surface area contributed by atoms with Crippen LogP contribution in [0.2, 0.25) is 0 Å². The van der Waals surface area contributed by atoms with Crippen molar-refractivity contribution in [1.29, 1.82) is 0 Å². The van der Waals surface area contributed by atoms with E-state index in [0.29, 0.717) is 18.7 Å². The summed E-state index contributed by atoms with van der Waals surface area (Å²) < 4.78 is 0. The summed E-state index contributed by atoms with van der Waals surface area (Å²) in [7, 11) is 0. The van der Waals surface area contributed by atoms with Gasteiger partial charge < -0.3 is 10.2 Å². The fraction of sp³-hybridized carbons (Fsp3) is 0.429. The molecule has 0 saturated carbocycles. The van der Waals surface area contributed by atoms with Crippen LogP contribution >= 0.6 is 0 Å². The highest BCUT2D eigenvalue weighted by Gasteiger charge is 2.28. The third-order valence-electron chi connectivity index (χ3n) is 3.13. The Kier molecular flexibility index (Phi) is 4.04. The first-order valence-corrected chi connectivity index (χ1v) is 6.43. The predicted octanol–water partition coefficient (Wildman–Crippen LogP) is 1.36. The van der Waals surface area contributed by atoms with Crippen molar-refractivity contribution in [3.8, 4) is 5.75 Å². The van der Waals surface area contributed by atoms with Gasteiger partial charge in [-0.25, -0.2) is 0 Å². The van der Waals surface area contributed by atoms with E-state index in [1.54, 1.807) is 0 Å². The van der Waals surface area contributed by atoms with Gasteiger partial charge in [0, 0.05) is 18.0 Å². The molecule has 0 saturated heterocycles. The quantitative estimate of drug-likeness (QED) is 0.861. The lowest BCUT2D eigenvalue weighted by Crippen LogP contribution is -2.39. The van der Waals surface area contributed by atoms with Gasteiger partial charge in [0.15, 0.2) is 5.75 Å². The number of carbonyl (C=O) groups is 2. The van der Waals surface area contributed by atoms with Crippen LogP contribution in [0.25, 0.3) is 0 Å². The van der Waals surface area contributed by atoms with Gasteiger partial charge in [-0.1, -0.05) is 32.0 Å². The Morgan fingerprint density at radius 1 is 1.42 bits per heavy atom. The van der Waals surface area contributed by atoms with Crippen LogP contribution in [-0.4, -0.2) is 18.4 Å². The maximum Gasteiger partial charge on any atom is 0.260 e. The molecule has 1 aromatic rings. The second kappa shape index (κ2) is 5.73. The molecule has 19 heavy (non-hydrogen) atoms. The van der Waals surface area contributed by atoms with Crippen LogP contribution in [0.15, 0.2) is 24.3 Å². The van der Waals surface area contributed by atoms with Gasteiger partial charge in [-0.3, -0.25) is 9.59 Å². The lowest BCUT2D eigenvalue weighted by molar-refractivity contribution is -0.131. The van der Waals surface area contributed by atoms with Gasteiger partial charge in [0.2, 0.25) is 5.91 Å². The van der Waals surface area contributed by atoms with E-state index in [9.17, 15) is 9.59 Å². The van der Waals surface area contributed by atoms with Crippen molar-refractivity contribution < 1.29 is 14.4 Å². The second-order valence-electron chi connectivity index (χ2n) is 4.89. The molecule has 0 aromatic heterocycles. The number of amides is 2. The number of hydroxylamine groups is 1. The Balaban J connectivity index is 2.00. The first-order valence-electron chi connectivity index (χ1n) is 6.43. The van der Waals surface area contributed by atoms with Crippen LogP contribution < -0.4 is 15.6 Å². The molecule has 0 radical (unpaired) electrons. The Bertz CT molecular complexity index is 485. The molecular formula is C14H18N2O3. The van der Waals surface area contributed by atoms with Crippen molar-refractivity contribution in [2.75, 3.05) is 6.54 Å². The molecule has 1 aliphatic rings. The number of hydrogen-bond donors (Lipinski definition) is 2. The van der Waals surface area contributed by atoms with E-state index in [4.69, 9.17) is 4.84 Å². The monoisotopic (exact) mass is 262 g/mol. The molecule has 1 heterocycles. The second-order valence-corrected chi connectivity index (χ2v) is 4.89. The summed E-state index contributed by atoms with van der Waals surface area (Å²) >= 11 is 0. The molecule has 0 bridgehead atoms. The highest BCUT2D eigenvalue weighted by Crippen LogP contribution is 2.31. The molecule has 0 fully saturated rings. The molecule has 0 spiro atoms. The van der Waals surface area contributed by atoms with E-state index < -0.39 is 0 Å². The van der Waals surface area contributed by atoms with E-state index in [1.165, 1.54) is 0 Å². The average molecular weight is 262 g/mol. The molecule has 0 aliphatic carbocycles. The zero-order valence-corrected chi connectivity index (χ0v) is 11.1. The minimum absolute atomic E-state index is 0.000697. The third-order valence-corrected chi connectivity index (χ3v) is 3.13. The maximum absolute atomic E-state index is 11.8. The minimum Gasteiger partial charge on any atom is -0.379 e. The summed E-state index contributed by atoms with van der Waals surface area (Å²) in [6.45, 7) is 4.15. The molecule has 5 nitrogen and oxygen atoms in total. The van der Waals surface area contributed by atoms with Gasteiger partial charge in [0.1, 0.15) is 0 Å². The lowest BCUT2D eigenvalue weighted by Gasteiger charge is -2.24. The van der Waals surface area contributed by atoms with Crippen LogP contribution in [0, 0.1) is 5.92 Å². The lowest BCUT2D eigenvalue weighted by atomic mass is 9.93. The van der Waals surface area contributed by atoms with Crippen LogP contribution in [0.1, 0.15) is 31.7 Å². The molecule has 5 heteroatoms. The summed E-state index contributed by atoms with van der Waals surface area (Å²) in [5.41, 5.74) is 3.26. The molecule has 2 N–H and O–H groups in total. The molecule has 1 aliphatic heterocycles. The van der Waals surface area contributed by atoms with Crippen molar-refractivity contribution in [1.82, 2.24) is 10.8 Å². The van der Waals surface area contributed by atoms with Crippen LogP contribution in [0.4, 0.5) is 0 Å². The van der Waals surface area contributed by atoms with Crippen molar-refractivity contribution in [2.24, 2.45) is 5.92 Å². The van der Waals surface area contributed by atoms with Gasteiger partial charge in [0.05, 0.1) is 5.92 Å². The minimum atomic E-state index is -0.280. The SMILES string of the molecule is CC(C)C(=O)NCCC1C(=O)NOc2ccccc21. The van der Waals surface area contributed by atoms with E-state index >= 15 is 0 Å². The fourth-order valence-corrected chi connectivity index (χ4v) is 2.01. The van der Waals surface area contributed by atoms with Crippen LogP contribution in [0.5, 0.6) is 5.75 Å². The molecule has 102 valence electrons. The Morgan fingerprint density at radius 3 is 2.89 bits per heavy atom. The van der Waals surface area contributed by atoms with Gasteiger partial charge in [-0.05, 0) is 12.5 Å². The highest BCUT2D eigenvalue weighted by molar-refractivity contribution is 5.85. The molecule has 2 rings (SSSR count). The molecule has 1 unspecified atom stereocenters. The Hall–Kier alpha value is -2.04. The van der Waals surface area contributed by atoms with Crippen LogP contribution in [-0.2, 0) is 9.59 Å². The predicted molar refractivity (Wildman–Crippen MR) is 70.4 cm³/mol. The first kappa shape index (κ1) is 13.4. The van der Waals surface area contributed by atoms with E-state index in [-0.39, 0.29) is 23.7 Å². The molecule has 2 amide bonds. The summed E-state index contributed by atoms with van der Waals surface area (Å²) in [4.78, 5) is 28.4. The van der Waals surface area contributed by atoms with Crippen LogP contribution in [0.3, 0.4) is 0 Å². The Morgan fingerprint density at radius 2 is 2.16 bits per heavy atom. The zero-order valence-electron chi connectivity index (χ0n) is 11.1. The summed E-state index contributed by atoms with van der Waals surface area (Å²) in [6.07, 6.45) is 0.560. The van der Waals surface area contributed by atoms with E-state index in [1.807, 2.05) is 38.1 Å². The number of fused-ring (bicyclic) bond motifs is 1. The number of benzene rings is 1. The third kappa shape index (κ3) is 3.05. The average Bonchev–Trinajstić information content (AvgIpc) is 2.41. The van der Waals surface area contributed by atoms with Crippen molar-refractivity contribution in [2.45, 2.75) is 26.2 Å². The number of hydrogen-bond acceptors (Lipinski definition) is 3. The van der Waals surface area contributed by atoms with Crippen molar-refractivity contribution in [3.05, 3.63) is 29.8 Å². The fourth-order valence-electron chi connectivity index (χ4n) is 2.01. The number of nitrogens with one attached hydrogen (secondary N) is 2. The number of para-hydroxylation sites is 1. The summed E-state index contributed by atoms with van der Waals surface area (Å²) in [5.74, 6) is 0.175. The van der Waals surface area contributed by atoms with E-state index in [2.05, 4.69) is 10.8 Å². The van der Waals surface area contributed by atoms with Gasteiger partial charge in [-0.2, -0.15) is 5.48 Å². The summed E-state index contributed by atoms with van der Waals surface area (Å²) in [6, 6.07) is 7.42. The van der Waals surface area contributed by atoms with E-state index in [0.717, 1.165) is 5.56 Å². The zero-order chi connectivity index (χ0) is 13.8. The normalized spacial score (nSPS) is 17.4. The topological polar surface area (TPSA) is 67.4 Å². The molecule has 1 aromatic carbocycles. The maximum atomic E-state index is 11.8. The summed E-state index contributed by atoms with van der Waals surface area (Å²) in [5, 5.41) is 2.82.